The highest BCUT2D eigenvalue weighted by molar-refractivity contribution is 7.98. The summed E-state index contributed by atoms with van der Waals surface area (Å²) in [5.41, 5.74) is 3.55. The summed E-state index contributed by atoms with van der Waals surface area (Å²) in [6, 6.07) is 9.56. The molecule has 174 valence electrons. The number of aromatic nitrogens is 5. The van der Waals surface area contributed by atoms with E-state index in [1.165, 1.54) is 17.3 Å². The molecule has 0 fully saturated rings. The summed E-state index contributed by atoms with van der Waals surface area (Å²) in [6.45, 7) is 12.4. The summed E-state index contributed by atoms with van der Waals surface area (Å²) in [5.74, 6) is 0.721. The first kappa shape index (κ1) is 23.7. The lowest BCUT2D eigenvalue weighted by Gasteiger charge is -2.36. The van der Waals surface area contributed by atoms with Gasteiger partial charge in [0.25, 0.3) is 5.56 Å². The van der Waals surface area contributed by atoms with Gasteiger partial charge in [0.15, 0.2) is 13.5 Å². The van der Waals surface area contributed by atoms with Crippen molar-refractivity contribution in [3.8, 4) is 0 Å². The van der Waals surface area contributed by atoms with Gasteiger partial charge in [0, 0.05) is 24.3 Å². The maximum Gasteiger partial charge on any atom is 0.252 e. The lowest BCUT2D eigenvalue weighted by molar-refractivity contribution is 0.292. The first-order chi connectivity index (χ1) is 15.6. The molecule has 9 heteroatoms. The number of H-pyrrole nitrogens is 1. The Balaban J connectivity index is 1.55. The van der Waals surface area contributed by atoms with Crippen molar-refractivity contribution < 1.29 is 4.43 Å². The van der Waals surface area contributed by atoms with Crippen LogP contribution in [0.4, 0.5) is 0 Å². The fourth-order valence-electron chi connectivity index (χ4n) is 3.44. The molecule has 0 radical (unpaired) electrons. The Labute approximate surface area is 199 Å². The lowest BCUT2D eigenvalue weighted by atomic mass is 10.1. The van der Waals surface area contributed by atoms with E-state index >= 15 is 0 Å². The molecule has 1 N–H and O–H groups in total. The van der Waals surface area contributed by atoms with Crippen LogP contribution in [0.3, 0.4) is 0 Å². The Morgan fingerprint density at radius 1 is 1.15 bits per heavy atom. The molecule has 0 bridgehead atoms. The second kappa shape index (κ2) is 9.04. The predicted molar refractivity (Wildman–Crippen MR) is 138 cm³/mol. The molecule has 0 saturated carbocycles. The minimum atomic E-state index is -1.75. The summed E-state index contributed by atoms with van der Waals surface area (Å²) in [4.78, 5) is 29.6. The van der Waals surface area contributed by atoms with Crippen LogP contribution in [0.5, 0.6) is 0 Å². The molecule has 3 aromatic heterocycles. The first-order valence-electron chi connectivity index (χ1n) is 11.1. The van der Waals surface area contributed by atoms with Gasteiger partial charge in [-0.25, -0.2) is 15.0 Å². The number of hydrogen-bond acceptors (Lipinski definition) is 6. The predicted octanol–water partition coefficient (Wildman–Crippen LogP) is 5.00. The molecular weight excluding hydrogens is 450 g/mol. The van der Waals surface area contributed by atoms with Crippen molar-refractivity contribution in [1.82, 2.24) is 24.5 Å². The van der Waals surface area contributed by atoms with Gasteiger partial charge in [0.05, 0.1) is 17.6 Å². The van der Waals surface area contributed by atoms with E-state index in [4.69, 9.17) is 9.41 Å². The molecule has 0 amide bonds. The Kier molecular flexibility index (Phi) is 6.48. The van der Waals surface area contributed by atoms with Gasteiger partial charge in [-0.3, -0.25) is 9.36 Å². The highest BCUT2D eigenvalue weighted by Crippen LogP contribution is 2.36. The average molecular weight is 482 g/mol. The number of nitrogens with zero attached hydrogens (tertiary/aromatic N) is 4. The van der Waals surface area contributed by atoms with Crippen molar-refractivity contribution in [2.24, 2.45) is 0 Å². The summed E-state index contributed by atoms with van der Waals surface area (Å²) in [6.07, 6.45) is 4.52. The number of pyridine rings is 1. The summed E-state index contributed by atoms with van der Waals surface area (Å²) >= 11 is 1.45. The van der Waals surface area contributed by atoms with Gasteiger partial charge in [0.2, 0.25) is 0 Å². The Hall–Kier alpha value is -2.49. The third-order valence-corrected chi connectivity index (χ3v) is 11.5. The van der Waals surface area contributed by atoms with Crippen LogP contribution in [0, 0.1) is 0 Å². The molecule has 4 aromatic rings. The van der Waals surface area contributed by atoms with Crippen molar-refractivity contribution in [3.05, 3.63) is 58.3 Å². The van der Waals surface area contributed by atoms with Crippen LogP contribution in [0.2, 0.25) is 18.1 Å². The number of rotatable bonds is 7. The van der Waals surface area contributed by atoms with Gasteiger partial charge in [-0.15, -0.1) is 0 Å². The molecule has 1 aromatic carbocycles. The third kappa shape index (κ3) is 5.05. The normalized spacial score (nSPS) is 12.7. The van der Waals surface area contributed by atoms with E-state index in [0.717, 1.165) is 28.7 Å². The summed E-state index contributed by atoms with van der Waals surface area (Å²) in [5, 5.41) is 1.67. The second-order valence-electron chi connectivity index (χ2n) is 9.79. The van der Waals surface area contributed by atoms with Gasteiger partial charge in [-0.05, 0) is 54.6 Å². The van der Waals surface area contributed by atoms with E-state index in [1.54, 1.807) is 22.9 Å². The molecule has 0 unspecified atom stereocenters. The number of thioether (sulfide) groups is 1. The standard InChI is InChI=1S/C24H31N5O2SSi/c1-24(2,3)33(5,6)31-12-11-16-7-9-18-19(13-16)27-20(26-18)15-29-21(30)10-8-17-14-25-23(32-4)28-22(17)29/h7-10,13-14H,11-12,15H2,1-6H3,(H,26,27). The number of aromatic amines is 1. The summed E-state index contributed by atoms with van der Waals surface area (Å²) < 4.78 is 7.97. The fraction of sp³-hybridized carbons (Fsp3) is 0.417. The zero-order valence-corrected chi connectivity index (χ0v) is 21.9. The number of nitrogens with one attached hydrogen (secondary N) is 1. The van der Waals surface area contributed by atoms with Crippen LogP contribution in [0.25, 0.3) is 22.1 Å². The van der Waals surface area contributed by atoms with Crippen LogP contribution in [-0.2, 0) is 17.4 Å². The van der Waals surface area contributed by atoms with E-state index in [0.29, 0.717) is 24.0 Å². The molecule has 7 nitrogen and oxygen atoms in total. The van der Waals surface area contributed by atoms with Crippen molar-refractivity contribution in [3.63, 3.8) is 0 Å². The highest BCUT2D eigenvalue weighted by atomic mass is 32.2. The molecule has 0 aliphatic heterocycles. The van der Waals surface area contributed by atoms with Crippen LogP contribution >= 0.6 is 11.8 Å². The van der Waals surface area contributed by atoms with Crippen LogP contribution in [-0.4, -0.2) is 45.7 Å². The van der Waals surface area contributed by atoms with E-state index in [9.17, 15) is 4.79 Å². The average Bonchev–Trinajstić information content (AvgIpc) is 3.16. The van der Waals surface area contributed by atoms with Crippen LogP contribution in [0.1, 0.15) is 32.2 Å². The van der Waals surface area contributed by atoms with E-state index in [2.05, 4.69) is 60.9 Å². The van der Waals surface area contributed by atoms with E-state index in [1.807, 2.05) is 12.3 Å². The van der Waals surface area contributed by atoms with Gasteiger partial charge >= 0.3 is 0 Å². The number of benzene rings is 1. The third-order valence-electron chi connectivity index (χ3n) is 6.45. The van der Waals surface area contributed by atoms with Crippen LogP contribution < -0.4 is 5.56 Å². The molecule has 0 aliphatic carbocycles. The monoisotopic (exact) mass is 481 g/mol. The van der Waals surface area contributed by atoms with E-state index in [-0.39, 0.29) is 10.6 Å². The largest absolute Gasteiger partial charge is 0.416 e. The molecular formula is C24H31N5O2SSi. The highest BCUT2D eigenvalue weighted by Gasteiger charge is 2.36. The molecule has 0 atom stereocenters. The minimum absolute atomic E-state index is 0.114. The first-order valence-corrected chi connectivity index (χ1v) is 15.2. The van der Waals surface area contributed by atoms with Crippen molar-refractivity contribution in [1.29, 1.82) is 0 Å². The second-order valence-corrected chi connectivity index (χ2v) is 15.4. The van der Waals surface area contributed by atoms with Gasteiger partial charge in [-0.2, -0.15) is 0 Å². The van der Waals surface area contributed by atoms with Crippen molar-refractivity contribution >= 4 is 42.1 Å². The molecule has 3 heterocycles. The van der Waals surface area contributed by atoms with Crippen molar-refractivity contribution in [2.75, 3.05) is 12.9 Å². The smallest absolute Gasteiger partial charge is 0.252 e. The SMILES string of the molecule is CSc1ncc2ccc(=O)n(Cc3nc4ccc(CCO[Si](C)(C)C(C)(C)C)cc4[nH]3)c2n1. The number of fused-ring (bicyclic) bond motifs is 2. The Morgan fingerprint density at radius 3 is 2.67 bits per heavy atom. The van der Waals surface area contributed by atoms with Gasteiger partial charge in [-0.1, -0.05) is 38.6 Å². The number of imidazole rings is 1. The van der Waals surface area contributed by atoms with E-state index < -0.39 is 8.32 Å². The zero-order valence-electron chi connectivity index (χ0n) is 20.1. The maximum atomic E-state index is 12.6. The number of hydrogen-bond donors (Lipinski definition) is 1. The Bertz CT molecular complexity index is 1360. The summed E-state index contributed by atoms with van der Waals surface area (Å²) in [7, 11) is -1.75. The maximum absolute atomic E-state index is 12.6. The topological polar surface area (TPSA) is 85.7 Å². The lowest BCUT2D eigenvalue weighted by Crippen LogP contribution is -2.41. The zero-order chi connectivity index (χ0) is 23.8. The van der Waals surface area contributed by atoms with Gasteiger partial charge < -0.3 is 9.41 Å². The van der Waals surface area contributed by atoms with Crippen molar-refractivity contribution in [2.45, 2.75) is 57.0 Å². The fourth-order valence-corrected chi connectivity index (χ4v) is 4.82. The van der Waals surface area contributed by atoms with Gasteiger partial charge in [0.1, 0.15) is 11.5 Å². The molecule has 0 saturated heterocycles. The quantitative estimate of drug-likeness (QED) is 0.227. The molecule has 33 heavy (non-hydrogen) atoms. The van der Waals surface area contributed by atoms with Crippen LogP contribution in [0.15, 0.2) is 46.5 Å². The molecule has 0 spiro atoms. The molecule has 0 aliphatic rings. The molecule has 4 rings (SSSR count). The minimum Gasteiger partial charge on any atom is -0.416 e. The Morgan fingerprint density at radius 2 is 1.94 bits per heavy atom.